The van der Waals surface area contributed by atoms with Crippen LogP contribution in [0.15, 0.2) is 42.5 Å². The van der Waals surface area contributed by atoms with Crippen LogP contribution in [0.2, 0.25) is 0 Å². The molecular weight excluding hydrogens is 310 g/mol. The van der Waals surface area contributed by atoms with Crippen molar-refractivity contribution in [1.82, 2.24) is 5.32 Å². The molecule has 0 bridgehead atoms. The van der Waals surface area contributed by atoms with E-state index in [2.05, 4.69) is 5.32 Å². The fourth-order valence-corrected chi connectivity index (χ4v) is 2.86. The Bertz CT molecular complexity index is 670. The second-order valence-corrected chi connectivity index (χ2v) is 6.04. The lowest BCUT2D eigenvalue weighted by Gasteiger charge is -2.29. The third-order valence-electron chi connectivity index (χ3n) is 4.35. The molecule has 1 aliphatic heterocycles. The van der Waals surface area contributed by atoms with Crippen LogP contribution in [-0.4, -0.2) is 26.3 Å². The first-order valence-electron chi connectivity index (χ1n) is 8.23. The maximum absolute atomic E-state index is 14.4. The van der Waals surface area contributed by atoms with Crippen LogP contribution in [0.25, 0.3) is 0 Å². The zero-order valence-corrected chi connectivity index (χ0v) is 13.8. The molecule has 0 radical (unpaired) electrons. The summed E-state index contributed by atoms with van der Waals surface area (Å²) in [5, 5.41) is 3.34. The van der Waals surface area contributed by atoms with E-state index >= 15 is 0 Å². The van der Waals surface area contributed by atoms with Crippen LogP contribution in [0.4, 0.5) is 14.5 Å². The minimum Gasteiger partial charge on any atom is -0.378 e. The third kappa shape index (κ3) is 4.10. The van der Waals surface area contributed by atoms with Gasteiger partial charge in [-0.2, -0.15) is 0 Å². The minimum atomic E-state index is -0.244. The van der Waals surface area contributed by atoms with Gasteiger partial charge in [0.25, 0.3) is 0 Å². The molecule has 2 aromatic carbocycles. The van der Waals surface area contributed by atoms with Crippen molar-refractivity contribution in [2.45, 2.75) is 19.5 Å². The quantitative estimate of drug-likeness (QED) is 0.904. The summed E-state index contributed by atoms with van der Waals surface area (Å²) < 4.78 is 32.6. The average Bonchev–Trinajstić information content (AvgIpc) is 2.61. The Labute approximate surface area is 141 Å². The predicted molar refractivity (Wildman–Crippen MR) is 91.1 cm³/mol. The van der Waals surface area contributed by atoms with Crippen LogP contribution in [0.5, 0.6) is 0 Å². The van der Waals surface area contributed by atoms with Gasteiger partial charge in [-0.1, -0.05) is 18.2 Å². The van der Waals surface area contributed by atoms with Crippen LogP contribution in [-0.2, 0) is 11.3 Å². The molecule has 1 saturated heterocycles. The molecule has 1 atom stereocenters. The summed E-state index contributed by atoms with van der Waals surface area (Å²) in [7, 11) is 0. The van der Waals surface area contributed by atoms with Crippen LogP contribution >= 0.6 is 0 Å². The highest BCUT2D eigenvalue weighted by Crippen LogP contribution is 2.22. The Hall–Kier alpha value is -1.98. The molecule has 1 aliphatic rings. The Kier molecular flexibility index (Phi) is 5.43. The Morgan fingerprint density at radius 3 is 2.46 bits per heavy atom. The first kappa shape index (κ1) is 16.9. The van der Waals surface area contributed by atoms with Crippen molar-refractivity contribution >= 4 is 5.69 Å². The van der Waals surface area contributed by atoms with E-state index in [0.717, 1.165) is 24.2 Å². The molecule has 0 aromatic heterocycles. The Morgan fingerprint density at radius 1 is 1.08 bits per heavy atom. The standard InChI is InChI=1S/C19H22F2N2O/c1-14(16-3-5-17(20)6-4-16)22-13-15-2-7-19(18(21)12-15)23-8-10-24-11-9-23/h2-7,12,14,22H,8-11,13H2,1H3/t14-/m1/s1. The number of benzene rings is 2. The molecule has 0 unspecified atom stereocenters. The van der Waals surface area contributed by atoms with Crippen molar-refractivity contribution in [3.8, 4) is 0 Å². The van der Waals surface area contributed by atoms with Crippen LogP contribution in [0.1, 0.15) is 24.1 Å². The Balaban J connectivity index is 1.61. The summed E-state index contributed by atoms with van der Waals surface area (Å²) in [6.45, 7) is 5.27. The van der Waals surface area contributed by atoms with Crippen LogP contribution < -0.4 is 10.2 Å². The highest BCUT2D eigenvalue weighted by atomic mass is 19.1. The van der Waals surface area contributed by atoms with Gasteiger partial charge in [-0.25, -0.2) is 8.78 Å². The van der Waals surface area contributed by atoms with Gasteiger partial charge in [0.05, 0.1) is 18.9 Å². The first-order chi connectivity index (χ1) is 11.6. The van der Waals surface area contributed by atoms with E-state index in [1.54, 1.807) is 18.2 Å². The van der Waals surface area contributed by atoms with E-state index in [4.69, 9.17) is 4.74 Å². The van der Waals surface area contributed by atoms with Gasteiger partial charge in [0, 0.05) is 25.7 Å². The van der Waals surface area contributed by atoms with E-state index in [9.17, 15) is 8.78 Å². The van der Waals surface area contributed by atoms with Crippen LogP contribution in [0, 0.1) is 11.6 Å². The van der Waals surface area contributed by atoms with Crippen molar-refractivity contribution in [1.29, 1.82) is 0 Å². The maximum Gasteiger partial charge on any atom is 0.146 e. The van der Waals surface area contributed by atoms with Gasteiger partial charge in [0.1, 0.15) is 11.6 Å². The molecule has 3 rings (SSSR count). The summed E-state index contributed by atoms with van der Waals surface area (Å²) in [6, 6.07) is 11.8. The highest BCUT2D eigenvalue weighted by molar-refractivity contribution is 5.49. The number of nitrogens with one attached hydrogen (secondary N) is 1. The number of anilines is 1. The van der Waals surface area contributed by atoms with E-state index in [1.807, 2.05) is 24.0 Å². The molecular formula is C19H22F2N2O. The Morgan fingerprint density at radius 2 is 1.79 bits per heavy atom. The van der Waals surface area contributed by atoms with Gasteiger partial charge in [0.15, 0.2) is 0 Å². The average molecular weight is 332 g/mol. The van der Waals surface area contributed by atoms with E-state index < -0.39 is 0 Å². The SMILES string of the molecule is C[C@@H](NCc1ccc(N2CCOCC2)c(F)c1)c1ccc(F)cc1. The number of morpholine rings is 1. The van der Waals surface area contributed by atoms with E-state index in [0.29, 0.717) is 25.4 Å². The topological polar surface area (TPSA) is 24.5 Å². The second kappa shape index (κ2) is 7.73. The van der Waals surface area contributed by atoms with Gasteiger partial charge in [0.2, 0.25) is 0 Å². The summed E-state index contributed by atoms with van der Waals surface area (Å²) in [4.78, 5) is 2.01. The van der Waals surface area contributed by atoms with Gasteiger partial charge in [-0.05, 0) is 42.3 Å². The van der Waals surface area contributed by atoms with Gasteiger partial charge in [-0.3, -0.25) is 0 Å². The van der Waals surface area contributed by atoms with Crippen LogP contribution in [0.3, 0.4) is 0 Å². The molecule has 0 saturated carbocycles. The number of nitrogens with zero attached hydrogens (tertiary/aromatic N) is 1. The number of halogens is 2. The lowest BCUT2D eigenvalue weighted by Crippen LogP contribution is -2.36. The minimum absolute atomic E-state index is 0.0626. The molecule has 1 heterocycles. The number of hydrogen-bond donors (Lipinski definition) is 1. The zero-order chi connectivity index (χ0) is 16.9. The normalized spacial score (nSPS) is 16.2. The molecule has 3 nitrogen and oxygen atoms in total. The van der Waals surface area contributed by atoms with Crippen molar-refractivity contribution in [3.63, 3.8) is 0 Å². The predicted octanol–water partition coefficient (Wildman–Crippen LogP) is 3.65. The summed E-state index contributed by atoms with van der Waals surface area (Å²) in [6.07, 6.45) is 0. The zero-order valence-electron chi connectivity index (χ0n) is 13.8. The highest BCUT2D eigenvalue weighted by Gasteiger charge is 2.15. The largest absolute Gasteiger partial charge is 0.378 e. The van der Waals surface area contributed by atoms with Crippen molar-refractivity contribution in [2.75, 3.05) is 31.2 Å². The smallest absolute Gasteiger partial charge is 0.146 e. The van der Waals surface area contributed by atoms with Crippen molar-refractivity contribution in [2.24, 2.45) is 0 Å². The first-order valence-corrected chi connectivity index (χ1v) is 8.23. The number of hydrogen-bond acceptors (Lipinski definition) is 3. The van der Waals surface area contributed by atoms with Gasteiger partial charge in [-0.15, -0.1) is 0 Å². The number of ether oxygens (including phenoxy) is 1. The van der Waals surface area contributed by atoms with Gasteiger partial charge >= 0.3 is 0 Å². The lowest BCUT2D eigenvalue weighted by atomic mass is 10.1. The molecule has 1 N–H and O–H groups in total. The van der Waals surface area contributed by atoms with E-state index in [-0.39, 0.29) is 17.7 Å². The molecule has 0 aliphatic carbocycles. The molecule has 128 valence electrons. The van der Waals surface area contributed by atoms with Crippen molar-refractivity contribution < 1.29 is 13.5 Å². The molecule has 0 amide bonds. The monoisotopic (exact) mass is 332 g/mol. The lowest BCUT2D eigenvalue weighted by molar-refractivity contribution is 0.122. The fraction of sp³-hybridized carbons (Fsp3) is 0.368. The maximum atomic E-state index is 14.4. The summed E-state index contributed by atoms with van der Waals surface area (Å²) in [5.74, 6) is -0.447. The van der Waals surface area contributed by atoms with Crippen molar-refractivity contribution in [3.05, 3.63) is 65.2 Å². The second-order valence-electron chi connectivity index (χ2n) is 6.04. The number of rotatable bonds is 5. The molecule has 0 spiro atoms. The summed E-state index contributed by atoms with van der Waals surface area (Å²) in [5.41, 5.74) is 2.52. The summed E-state index contributed by atoms with van der Waals surface area (Å²) >= 11 is 0. The molecule has 1 fully saturated rings. The molecule has 24 heavy (non-hydrogen) atoms. The molecule has 5 heteroatoms. The molecule has 2 aromatic rings. The van der Waals surface area contributed by atoms with Gasteiger partial charge < -0.3 is 15.0 Å². The third-order valence-corrected chi connectivity index (χ3v) is 4.35. The fourth-order valence-electron chi connectivity index (χ4n) is 2.86. The van der Waals surface area contributed by atoms with E-state index in [1.165, 1.54) is 12.1 Å².